The molecule has 1 aromatic rings. The number of nitrogens with zero attached hydrogens (tertiary/aromatic N) is 1. The van der Waals surface area contributed by atoms with E-state index in [4.69, 9.17) is 5.11 Å². The third-order valence-corrected chi connectivity index (χ3v) is 4.62. The summed E-state index contributed by atoms with van der Waals surface area (Å²) in [5.74, 6) is -0.619. The van der Waals surface area contributed by atoms with E-state index >= 15 is 0 Å². The van der Waals surface area contributed by atoms with Gasteiger partial charge in [-0.2, -0.15) is 0 Å². The number of thiophene rings is 1. The fraction of sp³-hybridized carbons (Fsp3) is 0.545. The van der Waals surface area contributed by atoms with Gasteiger partial charge in [-0.05, 0) is 34.0 Å². The summed E-state index contributed by atoms with van der Waals surface area (Å²) in [6.45, 7) is 4.44. The Hall–Kier alpha value is -0.390. The van der Waals surface area contributed by atoms with E-state index in [2.05, 4.69) is 26.9 Å². The number of rotatable bonds is 3. The Balaban J connectivity index is 1.96. The number of likely N-dealkylation sites (tertiary alicyclic amines) is 1. The van der Waals surface area contributed by atoms with Crippen LogP contribution in [-0.2, 0) is 11.3 Å². The van der Waals surface area contributed by atoms with Crippen molar-refractivity contribution in [2.24, 2.45) is 11.8 Å². The van der Waals surface area contributed by atoms with Gasteiger partial charge in [-0.15, -0.1) is 11.3 Å². The van der Waals surface area contributed by atoms with Gasteiger partial charge >= 0.3 is 5.97 Å². The number of aliphatic carboxylic acids is 1. The summed E-state index contributed by atoms with van der Waals surface area (Å²) in [4.78, 5) is 14.5. The molecule has 1 aliphatic heterocycles. The summed E-state index contributed by atoms with van der Waals surface area (Å²) in [5.41, 5.74) is 0. The lowest BCUT2D eigenvalue weighted by Crippen LogP contribution is -2.22. The SMILES string of the molecule is C[C@@H]1CN(Cc2ccc(Br)s2)C[C@H]1C(=O)O. The second-order valence-corrected chi connectivity index (χ2v) is 6.87. The van der Waals surface area contributed by atoms with Crippen LogP contribution in [0.1, 0.15) is 11.8 Å². The highest BCUT2D eigenvalue weighted by Crippen LogP contribution is 2.28. The third-order valence-electron chi connectivity index (χ3n) is 3.01. The molecule has 0 aliphatic carbocycles. The topological polar surface area (TPSA) is 40.5 Å². The number of carboxylic acid groups (broad SMARTS) is 1. The summed E-state index contributed by atoms with van der Waals surface area (Å²) in [6, 6.07) is 4.13. The van der Waals surface area contributed by atoms with Crippen molar-refractivity contribution in [1.29, 1.82) is 0 Å². The molecule has 2 atom stereocenters. The van der Waals surface area contributed by atoms with Crippen LogP contribution in [0.5, 0.6) is 0 Å². The molecule has 88 valence electrons. The maximum Gasteiger partial charge on any atom is 0.308 e. The quantitative estimate of drug-likeness (QED) is 0.933. The molecule has 1 N–H and O–H groups in total. The van der Waals surface area contributed by atoms with Crippen molar-refractivity contribution >= 4 is 33.2 Å². The van der Waals surface area contributed by atoms with Gasteiger partial charge in [-0.3, -0.25) is 9.69 Å². The number of hydrogen-bond acceptors (Lipinski definition) is 3. The Labute approximate surface area is 107 Å². The van der Waals surface area contributed by atoms with Crippen molar-refractivity contribution in [1.82, 2.24) is 4.90 Å². The summed E-state index contributed by atoms with van der Waals surface area (Å²) < 4.78 is 1.13. The van der Waals surface area contributed by atoms with E-state index in [-0.39, 0.29) is 11.8 Å². The normalized spacial score (nSPS) is 26.1. The largest absolute Gasteiger partial charge is 0.481 e. The molecule has 16 heavy (non-hydrogen) atoms. The van der Waals surface area contributed by atoms with Crippen molar-refractivity contribution in [2.45, 2.75) is 13.5 Å². The third kappa shape index (κ3) is 2.64. The zero-order chi connectivity index (χ0) is 11.7. The molecule has 2 heterocycles. The smallest absolute Gasteiger partial charge is 0.308 e. The van der Waals surface area contributed by atoms with E-state index in [9.17, 15) is 4.79 Å². The second-order valence-electron chi connectivity index (χ2n) is 4.32. The standard InChI is InChI=1S/C11H14BrNO2S/c1-7-4-13(6-9(7)11(14)15)5-8-2-3-10(12)16-8/h2-3,7,9H,4-6H2,1H3,(H,14,15)/t7-,9-/m1/s1. The van der Waals surface area contributed by atoms with Gasteiger partial charge in [0.15, 0.2) is 0 Å². The molecular weight excluding hydrogens is 290 g/mol. The van der Waals surface area contributed by atoms with E-state index in [1.54, 1.807) is 11.3 Å². The van der Waals surface area contributed by atoms with Gasteiger partial charge in [0.1, 0.15) is 0 Å². The van der Waals surface area contributed by atoms with Crippen molar-refractivity contribution < 1.29 is 9.90 Å². The van der Waals surface area contributed by atoms with E-state index < -0.39 is 5.97 Å². The zero-order valence-corrected chi connectivity index (χ0v) is 11.4. The summed E-state index contributed by atoms with van der Waals surface area (Å²) in [6.07, 6.45) is 0. The molecule has 0 aromatic carbocycles. The Morgan fingerprint density at radius 2 is 2.38 bits per heavy atom. The minimum absolute atomic E-state index is 0.205. The second kappa shape index (κ2) is 4.85. The van der Waals surface area contributed by atoms with E-state index in [0.717, 1.165) is 16.9 Å². The lowest BCUT2D eigenvalue weighted by molar-refractivity contribution is -0.142. The Kier molecular flexibility index (Phi) is 3.66. The van der Waals surface area contributed by atoms with Crippen molar-refractivity contribution in [3.8, 4) is 0 Å². The maximum absolute atomic E-state index is 11.0. The molecular formula is C11H14BrNO2S. The number of carbonyl (C=O) groups is 1. The fourth-order valence-corrected chi connectivity index (χ4v) is 3.70. The van der Waals surface area contributed by atoms with E-state index in [1.807, 2.05) is 13.0 Å². The summed E-state index contributed by atoms with van der Waals surface area (Å²) in [5, 5.41) is 9.04. The Morgan fingerprint density at radius 3 is 2.88 bits per heavy atom. The number of carboxylic acids is 1. The van der Waals surface area contributed by atoms with Gasteiger partial charge in [-0.25, -0.2) is 0 Å². The van der Waals surface area contributed by atoms with E-state index in [0.29, 0.717) is 6.54 Å². The molecule has 1 fully saturated rings. The first-order valence-corrected chi connectivity index (χ1v) is 6.86. The first-order valence-electron chi connectivity index (χ1n) is 5.25. The predicted molar refractivity (Wildman–Crippen MR) is 67.6 cm³/mol. The van der Waals surface area contributed by atoms with Crippen LogP contribution in [-0.4, -0.2) is 29.1 Å². The van der Waals surface area contributed by atoms with Gasteiger partial charge in [0.25, 0.3) is 0 Å². The molecule has 0 unspecified atom stereocenters. The molecule has 3 nitrogen and oxygen atoms in total. The van der Waals surface area contributed by atoms with Crippen LogP contribution in [0.15, 0.2) is 15.9 Å². The molecule has 0 saturated carbocycles. The van der Waals surface area contributed by atoms with Crippen molar-refractivity contribution in [3.05, 3.63) is 20.8 Å². The summed E-state index contributed by atoms with van der Waals surface area (Å²) in [7, 11) is 0. The van der Waals surface area contributed by atoms with Crippen molar-refractivity contribution in [3.63, 3.8) is 0 Å². The lowest BCUT2D eigenvalue weighted by Gasteiger charge is -2.13. The van der Waals surface area contributed by atoms with Crippen LogP contribution in [0.3, 0.4) is 0 Å². The van der Waals surface area contributed by atoms with Crippen molar-refractivity contribution in [2.75, 3.05) is 13.1 Å². The van der Waals surface area contributed by atoms with Crippen LogP contribution < -0.4 is 0 Å². The highest BCUT2D eigenvalue weighted by molar-refractivity contribution is 9.11. The minimum atomic E-state index is -0.664. The molecule has 0 amide bonds. The monoisotopic (exact) mass is 303 g/mol. The van der Waals surface area contributed by atoms with Crippen LogP contribution in [0.2, 0.25) is 0 Å². The molecule has 0 spiro atoms. The van der Waals surface area contributed by atoms with Crippen LogP contribution in [0.25, 0.3) is 0 Å². The number of halogens is 1. The lowest BCUT2D eigenvalue weighted by atomic mass is 9.99. The summed E-state index contributed by atoms with van der Waals surface area (Å²) >= 11 is 5.15. The van der Waals surface area contributed by atoms with Gasteiger partial charge in [0.05, 0.1) is 9.70 Å². The Morgan fingerprint density at radius 1 is 1.62 bits per heavy atom. The van der Waals surface area contributed by atoms with Gasteiger partial charge in [0, 0.05) is 24.5 Å². The van der Waals surface area contributed by atoms with Gasteiger partial charge in [0.2, 0.25) is 0 Å². The highest BCUT2D eigenvalue weighted by atomic mass is 79.9. The van der Waals surface area contributed by atoms with Crippen LogP contribution in [0, 0.1) is 11.8 Å². The van der Waals surface area contributed by atoms with Crippen LogP contribution in [0.4, 0.5) is 0 Å². The van der Waals surface area contributed by atoms with E-state index in [1.165, 1.54) is 4.88 Å². The molecule has 0 radical (unpaired) electrons. The van der Waals surface area contributed by atoms with Crippen LogP contribution >= 0.6 is 27.3 Å². The zero-order valence-electron chi connectivity index (χ0n) is 9.02. The fourth-order valence-electron chi connectivity index (χ4n) is 2.17. The first-order chi connectivity index (χ1) is 7.56. The number of hydrogen-bond donors (Lipinski definition) is 1. The Bertz CT molecular complexity index is 393. The average Bonchev–Trinajstić information content (AvgIpc) is 2.73. The minimum Gasteiger partial charge on any atom is -0.481 e. The van der Waals surface area contributed by atoms with Gasteiger partial charge < -0.3 is 5.11 Å². The molecule has 5 heteroatoms. The molecule has 1 saturated heterocycles. The van der Waals surface area contributed by atoms with Gasteiger partial charge in [-0.1, -0.05) is 6.92 Å². The predicted octanol–water partition coefficient (Wildman–Crippen LogP) is 2.66. The first kappa shape index (κ1) is 12.1. The highest BCUT2D eigenvalue weighted by Gasteiger charge is 2.34. The molecule has 2 rings (SSSR count). The maximum atomic E-state index is 11.0. The molecule has 1 aromatic heterocycles. The molecule has 1 aliphatic rings. The molecule has 0 bridgehead atoms. The average molecular weight is 304 g/mol.